The average Bonchev–Trinajstić information content (AvgIpc) is 3.21. The molecule has 4 unspecified atom stereocenters. The van der Waals surface area contributed by atoms with E-state index in [0.29, 0.717) is 12.5 Å². The van der Waals surface area contributed by atoms with Gasteiger partial charge in [-0.3, -0.25) is 4.79 Å². The van der Waals surface area contributed by atoms with Gasteiger partial charge in [-0.25, -0.2) is 4.79 Å². The number of carbonyl (C=O) groups is 2. The maximum atomic E-state index is 13.1. The van der Waals surface area contributed by atoms with Crippen molar-refractivity contribution in [3.63, 3.8) is 0 Å². The van der Waals surface area contributed by atoms with Crippen molar-refractivity contribution in [1.82, 2.24) is 15.1 Å². The number of piperidine rings is 1. The van der Waals surface area contributed by atoms with Crippen molar-refractivity contribution < 1.29 is 14.3 Å². The highest BCUT2D eigenvalue weighted by Gasteiger charge is 2.63. The van der Waals surface area contributed by atoms with Gasteiger partial charge in [0.15, 0.2) is 0 Å². The van der Waals surface area contributed by atoms with Crippen LogP contribution in [-0.2, 0) is 9.53 Å². The zero-order chi connectivity index (χ0) is 23.6. The Labute approximate surface area is 212 Å². The molecule has 0 aromatic rings. The molecule has 0 radical (unpaired) electrons. The Balaban J connectivity index is 0.865. The maximum absolute atomic E-state index is 13.1. The molecule has 35 heavy (non-hydrogen) atoms. The zero-order valence-corrected chi connectivity index (χ0v) is 21.5. The van der Waals surface area contributed by atoms with Gasteiger partial charge >= 0.3 is 6.03 Å². The molecule has 0 aromatic carbocycles. The number of nitrogens with one attached hydrogen (secondary N) is 1. The van der Waals surface area contributed by atoms with Crippen LogP contribution < -0.4 is 5.32 Å². The Kier molecular flexibility index (Phi) is 5.90. The average molecular weight is 479 g/mol. The predicted molar refractivity (Wildman–Crippen MR) is 139 cm³/mol. The van der Waals surface area contributed by atoms with Crippen LogP contribution in [0.3, 0.4) is 0 Å². The largest absolute Gasteiger partial charge is 0.366 e. The summed E-state index contributed by atoms with van der Waals surface area (Å²) in [5, 5.41) is 3.79. The van der Waals surface area contributed by atoms with Crippen molar-refractivity contribution in [3.05, 3.63) is 0 Å². The van der Waals surface area contributed by atoms with E-state index in [1.54, 1.807) is 39.4 Å². The van der Waals surface area contributed by atoms with E-state index in [4.69, 9.17) is 4.74 Å². The number of fused-ring (bicyclic) bond motifs is 1. The van der Waals surface area contributed by atoms with Crippen LogP contribution in [0.5, 0.6) is 0 Å². The first-order chi connectivity index (χ1) is 17.1. The van der Waals surface area contributed by atoms with Gasteiger partial charge in [-0.15, -0.1) is 0 Å². The Hall–Kier alpha value is -1.17. The highest BCUT2D eigenvalue weighted by molar-refractivity contribution is 6.81. The molecule has 1 saturated carbocycles. The first-order valence-electron chi connectivity index (χ1n) is 15.0. The number of morpholine rings is 1. The molecular weight excluding hydrogens is 436 g/mol. The molecule has 0 aromatic heterocycles. The van der Waals surface area contributed by atoms with Crippen LogP contribution in [0, 0.1) is 11.8 Å². The highest BCUT2D eigenvalue weighted by atomic mass is 16.5. The molecule has 8 heteroatoms. The fourth-order valence-electron chi connectivity index (χ4n) is 10.1. The molecule has 7 fully saturated rings. The Morgan fingerprint density at radius 3 is 2.43 bits per heavy atom. The molecule has 1 aliphatic carbocycles. The van der Waals surface area contributed by atoms with Gasteiger partial charge in [-0.05, 0) is 18.3 Å². The smallest absolute Gasteiger partial charge is 0.320 e. The van der Waals surface area contributed by atoms with Crippen LogP contribution in [0.2, 0.25) is 22.7 Å². The second-order valence-corrected chi connectivity index (χ2v) is 13.6. The molecular formula is C27H43B2N3O3. The van der Waals surface area contributed by atoms with Gasteiger partial charge in [-0.1, -0.05) is 93.3 Å². The lowest BCUT2D eigenvalue weighted by atomic mass is 9.13. The molecule has 0 spiro atoms. The van der Waals surface area contributed by atoms with Crippen LogP contribution >= 0.6 is 0 Å². The van der Waals surface area contributed by atoms with Crippen molar-refractivity contribution in [3.8, 4) is 0 Å². The topological polar surface area (TPSA) is 61.9 Å². The summed E-state index contributed by atoms with van der Waals surface area (Å²) in [6.45, 7) is 4.50. The predicted octanol–water partition coefficient (Wildman–Crippen LogP) is 3.75. The fraction of sp³-hybridized carbons (Fsp3) is 0.926. The van der Waals surface area contributed by atoms with Gasteiger partial charge in [0.1, 0.15) is 20.6 Å². The number of rotatable bonds is 3. The number of ether oxygens (including phenoxy) is 1. The van der Waals surface area contributed by atoms with Gasteiger partial charge in [-0.2, -0.15) is 0 Å². The van der Waals surface area contributed by atoms with Crippen molar-refractivity contribution in [2.24, 2.45) is 11.8 Å². The summed E-state index contributed by atoms with van der Waals surface area (Å²) in [4.78, 5) is 28.8. The fourth-order valence-corrected chi connectivity index (χ4v) is 10.1. The van der Waals surface area contributed by atoms with Crippen LogP contribution in [-0.4, -0.2) is 80.7 Å². The van der Waals surface area contributed by atoms with E-state index < -0.39 is 0 Å². The van der Waals surface area contributed by atoms with Gasteiger partial charge in [0.25, 0.3) is 0 Å². The standard InChI is InChI=1S/C27H43B2N3O3/c33-25-17-35-24-9-12-31(16-23(24)30-25)26(34)32-14-19(15-32)18-3-1-5-20(6-2-4-18)28-27-10-7-21-13-22(8-11-27)29(21)27/h18-24,28H,1-17H2,(H,30,33). The van der Waals surface area contributed by atoms with Crippen LogP contribution in [0.4, 0.5) is 4.79 Å². The molecule has 190 valence electrons. The molecule has 1 N–H and O–H groups in total. The van der Waals surface area contributed by atoms with E-state index in [2.05, 4.69) is 10.2 Å². The van der Waals surface area contributed by atoms with Crippen molar-refractivity contribution in [2.75, 3.05) is 32.8 Å². The van der Waals surface area contributed by atoms with Gasteiger partial charge < -0.3 is 19.9 Å². The van der Waals surface area contributed by atoms with E-state index in [0.717, 1.165) is 61.4 Å². The lowest BCUT2D eigenvalue weighted by Gasteiger charge is -2.48. The minimum Gasteiger partial charge on any atom is -0.366 e. The summed E-state index contributed by atoms with van der Waals surface area (Å²) < 4.78 is 5.65. The lowest BCUT2D eigenvalue weighted by Crippen LogP contribution is -2.64. The molecule has 6 nitrogen and oxygen atoms in total. The summed E-state index contributed by atoms with van der Waals surface area (Å²) in [6, 6.07) is 0.129. The number of likely N-dealkylation sites (tertiary alicyclic amines) is 2. The highest BCUT2D eigenvalue weighted by Crippen LogP contribution is 2.72. The van der Waals surface area contributed by atoms with Crippen LogP contribution in [0.25, 0.3) is 0 Å². The lowest BCUT2D eigenvalue weighted by molar-refractivity contribution is -0.139. The zero-order valence-electron chi connectivity index (χ0n) is 21.5. The number of nitrogens with zero attached hydrogens (tertiary/aromatic N) is 2. The summed E-state index contributed by atoms with van der Waals surface area (Å²) in [5.41, 5.74) is 0. The Morgan fingerprint density at radius 1 is 0.943 bits per heavy atom. The number of hydrogen-bond acceptors (Lipinski definition) is 3. The third kappa shape index (κ3) is 4.05. The van der Waals surface area contributed by atoms with E-state index in [-0.39, 0.29) is 30.7 Å². The van der Waals surface area contributed by atoms with Crippen molar-refractivity contribution in [2.45, 2.75) is 112 Å². The number of hydrogen-bond donors (Lipinski definition) is 1. The number of amides is 3. The molecule has 0 bridgehead atoms. The monoisotopic (exact) mass is 479 g/mol. The van der Waals surface area contributed by atoms with Crippen LogP contribution in [0.1, 0.15) is 77.0 Å². The molecule has 3 amide bonds. The maximum Gasteiger partial charge on any atom is 0.320 e. The molecule has 7 rings (SSSR count). The summed E-state index contributed by atoms with van der Waals surface area (Å²) in [7, 11) is 1.56. The number of carbonyl (C=O) groups excluding carboxylic acids is 2. The third-order valence-electron chi connectivity index (χ3n) is 11.9. The molecule has 6 saturated heterocycles. The summed E-state index contributed by atoms with van der Waals surface area (Å²) >= 11 is 0. The van der Waals surface area contributed by atoms with Crippen LogP contribution in [0.15, 0.2) is 0 Å². The normalized spacial score (nSPS) is 43.3. The Morgan fingerprint density at radius 2 is 1.69 bits per heavy atom. The Bertz CT molecular complexity index is 828. The third-order valence-corrected chi connectivity index (χ3v) is 11.9. The van der Waals surface area contributed by atoms with Gasteiger partial charge in [0.05, 0.1) is 12.1 Å². The molecule has 4 atom stereocenters. The van der Waals surface area contributed by atoms with E-state index in [1.807, 2.05) is 4.90 Å². The van der Waals surface area contributed by atoms with E-state index in [1.165, 1.54) is 38.5 Å². The van der Waals surface area contributed by atoms with Crippen molar-refractivity contribution in [1.29, 1.82) is 0 Å². The van der Waals surface area contributed by atoms with Crippen molar-refractivity contribution >= 4 is 25.9 Å². The minimum atomic E-state index is -0.0568. The number of urea groups is 1. The second kappa shape index (κ2) is 8.99. The first kappa shape index (κ1) is 23.0. The summed E-state index contributed by atoms with van der Waals surface area (Å²) in [6.07, 6.45) is 17.2. The molecule has 6 heterocycles. The second-order valence-electron chi connectivity index (χ2n) is 13.6. The first-order valence-corrected chi connectivity index (χ1v) is 15.0. The van der Waals surface area contributed by atoms with Gasteiger partial charge in [0.2, 0.25) is 5.91 Å². The van der Waals surface area contributed by atoms with E-state index in [9.17, 15) is 9.59 Å². The SMILES string of the molecule is O=C1COC2CCN(C(=O)N3CC(C4CCCC(BC56CCC7CC(CC5)B76)CCC4)C3)CC2N1. The van der Waals surface area contributed by atoms with Gasteiger partial charge in [0, 0.05) is 26.2 Å². The minimum absolute atomic E-state index is 0.0429. The molecule has 7 aliphatic rings. The summed E-state index contributed by atoms with van der Waals surface area (Å²) in [5.74, 6) is 4.68. The molecule has 6 aliphatic heterocycles. The quantitative estimate of drug-likeness (QED) is 0.628. The van der Waals surface area contributed by atoms with E-state index >= 15 is 0 Å².